The SMILES string of the molecule is CC1CCC([C@H]2CCC(C3CC(F)C(C)C(F)C3)=C(F)C2)CC1. The van der Waals surface area contributed by atoms with Crippen molar-refractivity contribution in [2.24, 2.45) is 29.6 Å². The largest absolute Gasteiger partial charge is 0.247 e. The van der Waals surface area contributed by atoms with Gasteiger partial charge < -0.3 is 0 Å². The third kappa shape index (κ3) is 3.79. The molecular formula is C20H31F3. The minimum atomic E-state index is -1.12. The molecule has 2 saturated carbocycles. The van der Waals surface area contributed by atoms with Crippen molar-refractivity contribution in [3.8, 4) is 0 Å². The molecule has 0 saturated heterocycles. The molecule has 0 heterocycles. The Morgan fingerprint density at radius 2 is 1.43 bits per heavy atom. The van der Waals surface area contributed by atoms with Crippen LogP contribution in [0.2, 0.25) is 0 Å². The molecule has 3 rings (SSSR count). The quantitative estimate of drug-likeness (QED) is 0.538. The zero-order valence-corrected chi connectivity index (χ0v) is 14.5. The van der Waals surface area contributed by atoms with Crippen LogP contribution in [0.3, 0.4) is 0 Å². The third-order valence-corrected chi connectivity index (χ3v) is 6.95. The van der Waals surface area contributed by atoms with Crippen molar-refractivity contribution < 1.29 is 13.2 Å². The second-order valence-corrected chi connectivity index (χ2v) is 8.51. The molecule has 23 heavy (non-hydrogen) atoms. The van der Waals surface area contributed by atoms with Crippen LogP contribution in [0.1, 0.15) is 71.6 Å². The summed E-state index contributed by atoms with van der Waals surface area (Å²) in [5, 5.41) is 0. The molecule has 0 aliphatic heterocycles. The molecule has 0 radical (unpaired) electrons. The lowest BCUT2D eigenvalue weighted by molar-refractivity contribution is 0.0613. The molecule has 0 N–H and O–H groups in total. The van der Waals surface area contributed by atoms with Gasteiger partial charge in [-0.1, -0.05) is 26.7 Å². The first-order valence-corrected chi connectivity index (χ1v) is 9.61. The van der Waals surface area contributed by atoms with Gasteiger partial charge in [0.1, 0.15) is 12.3 Å². The van der Waals surface area contributed by atoms with Crippen LogP contribution in [0.4, 0.5) is 13.2 Å². The van der Waals surface area contributed by atoms with E-state index in [1.165, 1.54) is 25.7 Å². The van der Waals surface area contributed by atoms with Crippen LogP contribution >= 0.6 is 0 Å². The molecule has 2 unspecified atom stereocenters. The maximum atomic E-state index is 14.7. The summed E-state index contributed by atoms with van der Waals surface area (Å²) >= 11 is 0. The number of allylic oxidation sites excluding steroid dienone is 2. The van der Waals surface area contributed by atoms with E-state index in [1.807, 2.05) is 0 Å². The van der Waals surface area contributed by atoms with Gasteiger partial charge in [0.05, 0.1) is 5.83 Å². The number of hydrogen-bond donors (Lipinski definition) is 0. The zero-order valence-electron chi connectivity index (χ0n) is 14.5. The van der Waals surface area contributed by atoms with Crippen molar-refractivity contribution in [3.05, 3.63) is 11.4 Å². The third-order valence-electron chi connectivity index (χ3n) is 6.95. The van der Waals surface area contributed by atoms with Gasteiger partial charge in [-0.05, 0) is 67.8 Å². The predicted molar refractivity (Wildman–Crippen MR) is 88.3 cm³/mol. The summed E-state index contributed by atoms with van der Waals surface area (Å²) in [6, 6.07) is 0. The first kappa shape index (κ1) is 17.4. The van der Waals surface area contributed by atoms with E-state index in [2.05, 4.69) is 6.92 Å². The van der Waals surface area contributed by atoms with Crippen LogP contribution in [-0.2, 0) is 0 Å². The summed E-state index contributed by atoms with van der Waals surface area (Å²) in [6.07, 6.45) is 5.65. The van der Waals surface area contributed by atoms with Crippen LogP contribution in [0.25, 0.3) is 0 Å². The molecule has 132 valence electrons. The molecule has 0 aromatic carbocycles. The summed E-state index contributed by atoms with van der Waals surface area (Å²) in [6.45, 7) is 3.94. The number of hydrogen-bond acceptors (Lipinski definition) is 0. The number of rotatable bonds is 2. The highest BCUT2D eigenvalue weighted by Gasteiger charge is 2.39. The van der Waals surface area contributed by atoms with Crippen LogP contribution in [-0.4, -0.2) is 12.3 Å². The molecule has 2 fully saturated rings. The highest BCUT2D eigenvalue weighted by atomic mass is 19.1. The molecule has 3 aliphatic rings. The second-order valence-electron chi connectivity index (χ2n) is 8.51. The molecule has 0 amide bonds. The molecule has 3 aliphatic carbocycles. The van der Waals surface area contributed by atoms with Crippen LogP contribution in [0.15, 0.2) is 11.4 Å². The smallest absolute Gasteiger partial charge is 0.106 e. The topological polar surface area (TPSA) is 0 Å². The Balaban J connectivity index is 1.63. The first-order chi connectivity index (χ1) is 11.0. The standard InChI is InChI=1S/C20H31F3/c1-12-3-5-14(6-4-12)15-7-8-17(20(23)9-15)16-10-18(21)13(2)19(22)11-16/h12-16,18-19H,3-11H2,1-2H3/t12?,13?,14?,15-,16?,18?,19?/m0/s1. The van der Waals surface area contributed by atoms with E-state index in [-0.39, 0.29) is 11.7 Å². The van der Waals surface area contributed by atoms with E-state index in [4.69, 9.17) is 0 Å². The molecule has 0 nitrogen and oxygen atoms in total. The van der Waals surface area contributed by atoms with Gasteiger partial charge in [-0.2, -0.15) is 0 Å². The Morgan fingerprint density at radius 3 is 2.00 bits per heavy atom. The van der Waals surface area contributed by atoms with Gasteiger partial charge >= 0.3 is 0 Å². The normalized spacial score (nSPS) is 46.0. The molecule has 0 aromatic rings. The molecule has 3 heteroatoms. The lowest BCUT2D eigenvalue weighted by Gasteiger charge is -2.38. The minimum Gasteiger partial charge on any atom is -0.247 e. The van der Waals surface area contributed by atoms with E-state index in [1.54, 1.807) is 6.92 Å². The maximum absolute atomic E-state index is 14.7. The Kier molecular flexibility index (Phi) is 5.42. The van der Waals surface area contributed by atoms with E-state index < -0.39 is 18.3 Å². The fourth-order valence-electron chi connectivity index (χ4n) is 5.11. The summed E-state index contributed by atoms with van der Waals surface area (Å²) in [5.74, 6) is 1.17. The summed E-state index contributed by atoms with van der Waals surface area (Å²) in [7, 11) is 0. The maximum Gasteiger partial charge on any atom is 0.106 e. The molecule has 0 bridgehead atoms. The Hall–Kier alpha value is -0.470. The van der Waals surface area contributed by atoms with E-state index in [0.29, 0.717) is 31.1 Å². The lowest BCUT2D eigenvalue weighted by atomic mass is 9.68. The van der Waals surface area contributed by atoms with Gasteiger partial charge in [0.25, 0.3) is 0 Å². The molecule has 0 aromatic heterocycles. The lowest BCUT2D eigenvalue weighted by Crippen LogP contribution is -2.35. The summed E-state index contributed by atoms with van der Waals surface area (Å²) < 4.78 is 42.7. The zero-order chi connectivity index (χ0) is 16.6. The van der Waals surface area contributed by atoms with Gasteiger partial charge in [-0.25, -0.2) is 13.2 Å². The van der Waals surface area contributed by atoms with Gasteiger partial charge in [-0.15, -0.1) is 0 Å². The summed E-state index contributed by atoms with van der Waals surface area (Å²) in [4.78, 5) is 0. The van der Waals surface area contributed by atoms with E-state index in [0.717, 1.165) is 24.3 Å². The summed E-state index contributed by atoms with van der Waals surface area (Å²) in [5.41, 5.74) is 0.752. The number of halogens is 3. The molecule has 0 spiro atoms. The van der Waals surface area contributed by atoms with Crippen molar-refractivity contribution >= 4 is 0 Å². The highest BCUT2D eigenvalue weighted by Crippen LogP contribution is 2.46. The molecular weight excluding hydrogens is 297 g/mol. The van der Waals surface area contributed by atoms with Crippen molar-refractivity contribution in [2.45, 2.75) is 84.0 Å². The van der Waals surface area contributed by atoms with Crippen molar-refractivity contribution in [1.82, 2.24) is 0 Å². The fraction of sp³-hybridized carbons (Fsp3) is 0.900. The Labute approximate surface area is 138 Å². The average molecular weight is 328 g/mol. The average Bonchev–Trinajstić information content (AvgIpc) is 2.53. The van der Waals surface area contributed by atoms with Crippen LogP contribution in [0.5, 0.6) is 0 Å². The van der Waals surface area contributed by atoms with Gasteiger partial charge in [0, 0.05) is 12.3 Å². The Morgan fingerprint density at radius 1 is 0.826 bits per heavy atom. The molecule has 3 atom stereocenters. The predicted octanol–water partition coefficient (Wildman–Crippen LogP) is 6.56. The monoisotopic (exact) mass is 328 g/mol. The van der Waals surface area contributed by atoms with Crippen LogP contribution in [0, 0.1) is 29.6 Å². The van der Waals surface area contributed by atoms with E-state index >= 15 is 0 Å². The Bertz CT molecular complexity index is 424. The minimum absolute atomic E-state index is 0.0289. The van der Waals surface area contributed by atoms with Gasteiger partial charge in [0.15, 0.2) is 0 Å². The van der Waals surface area contributed by atoms with E-state index in [9.17, 15) is 13.2 Å². The van der Waals surface area contributed by atoms with Crippen molar-refractivity contribution in [3.63, 3.8) is 0 Å². The highest BCUT2D eigenvalue weighted by molar-refractivity contribution is 5.18. The first-order valence-electron chi connectivity index (χ1n) is 9.61. The van der Waals surface area contributed by atoms with Gasteiger partial charge in [-0.3, -0.25) is 0 Å². The van der Waals surface area contributed by atoms with Crippen molar-refractivity contribution in [2.75, 3.05) is 0 Å². The fourth-order valence-corrected chi connectivity index (χ4v) is 5.11. The second kappa shape index (κ2) is 7.19. The number of alkyl halides is 2. The van der Waals surface area contributed by atoms with Gasteiger partial charge in [0.2, 0.25) is 0 Å². The van der Waals surface area contributed by atoms with Crippen molar-refractivity contribution in [1.29, 1.82) is 0 Å². The van der Waals surface area contributed by atoms with Crippen LogP contribution < -0.4 is 0 Å².